The molecule has 0 bridgehead atoms. The van der Waals surface area contributed by atoms with Crippen LogP contribution in [-0.4, -0.2) is 47.3 Å². The summed E-state index contributed by atoms with van der Waals surface area (Å²) in [6.07, 6.45) is 0.480. The van der Waals surface area contributed by atoms with E-state index in [9.17, 15) is 13.2 Å². The summed E-state index contributed by atoms with van der Waals surface area (Å²) in [6, 6.07) is -0.274. The van der Waals surface area contributed by atoms with Crippen molar-refractivity contribution in [3.8, 4) is 0 Å². The van der Waals surface area contributed by atoms with E-state index in [1.54, 1.807) is 18.4 Å². The molecule has 0 N–H and O–H groups in total. The molecule has 1 aliphatic rings. The normalized spacial score (nSPS) is 22.0. The molecular formula is C10H15N3O4S. The minimum Gasteiger partial charge on any atom is -0.460 e. The highest BCUT2D eigenvalue weighted by Crippen LogP contribution is 2.25. The summed E-state index contributed by atoms with van der Waals surface area (Å²) in [5, 5.41) is 7.60. The van der Waals surface area contributed by atoms with Crippen molar-refractivity contribution in [3.63, 3.8) is 0 Å². The molecule has 0 spiro atoms. The monoisotopic (exact) mass is 273 g/mol. The smallest absolute Gasteiger partial charge is 0.376 e. The Bertz CT molecular complexity index is 564. The van der Waals surface area contributed by atoms with Crippen LogP contribution in [0.4, 0.5) is 0 Å². The van der Waals surface area contributed by atoms with E-state index in [4.69, 9.17) is 4.74 Å². The topological polar surface area (TPSA) is 91.2 Å². The van der Waals surface area contributed by atoms with Gasteiger partial charge in [0, 0.05) is 0 Å². The van der Waals surface area contributed by atoms with Gasteiger partial charge in [0.15, 0.2) is 9.84 Å². The molecule has 7 nitrogen and oxygen atoms in total. The molecule has 0 amide bonds. The summed E-state index contributed by atoms with van der Waals surface area (Å²) >= 11 is 0. The van der Waals surface area contributed by atoms with Crippen LogP contribution in [-0.2, 0) is 14.6 Å². The van der Waals surface area contributed by atoms with Crippen LogP contribution in [0.3, 0.4) is 0 Å². The quantitative estimate of drug-likeness (QED) is 0.727. The first kappa shape index (κ1) is 13.0. The van der Waals surface area contributed by atoms with Gasteiger partial charge in [0.05, 0.1) is 24.2 Å². The van der Waals surface area contributed by atoms with Crippen molar-refractivity contribution in [2.75, 3.05) is 18.1 Å². The van der Waals surface area contributed by atoms with Gasteiger partial charge in [-0.25, -0.2) is 13.2 Å². The lowest BCUT2D eigenvalue weighted by Crippen LogP contribution is -2.20. The molecule has 8 heteroatoms. The van der Waals surface area contributed by atoms with Gasteiger partial charge < -0.3 is 9.30 Å². The highest BCUT2D eigenvalue weighted by atomic mass is 32.2. The number of carbonyl (C=O) groups is 1. The molecular weight excluding hydrogens is 258 g/mol. The van der Waals surface area contributed by atoms with Crippen LogP contribution >= 0.6 is 0 Å². The zero-order chi connectivity index (χ0) is 13.3. The molecule has 18 heavy (non-hydrogen) atoms. The van der Waals surface area contributed by atoms with Crippen molar-refractivity contribution in [2.45, 2.75) is 26.3 Å². The Morgan fingerprint density at radius 2 is 2.22 bits per heavy atom. The van der Waals surface area contributed by atoms with Gasteiger partial charge in [-0.1, -0.05) is 0 Å². The van der Waals surface area contributed by atoms with E-state index in [0.29, 0.717) is 12.2 Å². The molecule has 1 unspecified atom stereocenters. The fraction of sp³-hybridized carbons (Fsp3) is 0.700. The van der Waals surface area contributed by atoms with E-state index < -0.39 is 15.8 Å². The Morgan fingerprint density at radius 1 is 1.50 bits per heavy atom. The number of rotatable bonds is 3. The van der Waals surface area contributed by atoms with Crippen molar-refractivity contribution >= 4 is 15.8 Å². The van der Waals surface area contributed by atoms with E-state index in [2.05, 4.69) is 10.2 Å². The van der Waals surface area contributed by atoms with E-state index in [-0.39, 0.29) is 30.0 Å². The predicted molar refractivity (Wildman–Crippen MR) is 63.0 cm³/mol. The molecule has 2 rings (SSSR count). The molecule has 0 saturated carbocycles. The summed E-state index contributed by atoms with van der Waals surface area (Å²) in [5.74, 6) is 0.203. The number of carbonyl (C=O) groups excluding carboxylic acids is 1. The Balaban J connectivity index is 2.33. The van der Waals surface area contributed by atoms with Gasteiger partial charge in [0.25, 0.3) is 0 Å². The van der Waals surface area contributed by atoms with Crippen molar-refractivity contribution in [2.24, 2.45) is 0 Å². The fourth-order valence-electron chi connectivity index (χ4n) is 2.12. The van der Waals surface area contributed by atoms with Gasteiger partial charge in [-0.15, -0.1) is 10.2 Å². The number of hydrogen-bond acceptors (Lipinski definition) is 6. The molecule has 1 saturated heterocycles. The zero-order valence-corrected chi connectivity index (χ0v) is 11.1. The van der Waals surface area contributed by atoms with Crippen molar-refractivity contribution < 1.29 is 17.9 Å². The molecule has 2 heterocycles. The van der Waals surface area contributed by atoms with Gasteiger partial charge in [-0.3, -0.25) is 0 Å². The van der Waals surface area contributed by atoms with E-state index in [1.807, 2.05) is 0 Å². The lowest BCUT2D eigenvalue weighted by atomic mass is 10.2. The first-order valence-corrected chi connectivity index (χ1v) is 7.56. The molecule has 1 atom stereocenters. The summed E-state index contributed by atoms with van der Waals surface area (Å²) in [4.78, 5) is 11.7. The molecule has 100 valence electrons. The number of hydrogen-bond donors (Lipinski definition) is 0. The Morgan fingerprint density at radius 3 is 2.78 bits per heavy atom. The Labute approximate surface area is 105 Å². The highest BCUT2D eigenvalue weighted by molar-refractivity contribution is 7.91. The first-order valence-electron chi connectivity index (χ1n) is 5.73. The molecule has 1 aliphatic heterocycles. The molecule has 1 aromatic rings. The summed E-state index contributed by atoms with van der Waals surface area (Å²) in [5.41, 5.74) is 0. The number of aromatic nitrogens is 3. The van der Waals surface area contributed by atoms with Crippen LogP contribution < -0.4 is 0 Å². The standard InChI is InChI=1S/C10H15N3O4S/c1-3-17-10(14)9-12-11-7(2)13(9)8-4-5-18(15,16)6-8/h8H,3-6H2,1-2H3. The number of esters is 1. The van der Waals surface area contributed by atoms with Crippen LogP contribution in [0.1, 0.15) is 35.8 Å². The SMILES string of the molecule is CCOC(=O)c1nnc(C)n1C1CCS(=O)(=O)C1. The average molecular weight is 273 g/mol. The van der Waals surface area contributed by atoms with E-state index in [1.165, 1.54) is 0 Å². The molecule has 0 aliphatic carbocycles. The van der Waals surface area contributed by atoms with Gasteiger partial charge in [-0.2, -0.15) is 0 Å². The second kappa shape index (κ2) is 4.68. The second-order valence-corrected chi connectivity index (χ2v) is 6.45. The summed E-state index contributed by atoms with van der Waals surface area (Å²) in [6.45, 7) is 3.64. The number of ether oxygens (including phenoxy) is 1. The van der Waals surface area contributed by atoms with E-state index in [0.717, 1.165) is 0 Å². The fourth-order valence-corrected chi connectivity index (χ4v) is 3.82. The van der Waals surface area contributed by atoms with Gasteiger partial charge in [0.2, 0.25) is 5.82 Å². The summed E-state index contributed by atoms with van der Waals surface area (Å²) in [7, 11) is -3.02. The largest absolute Gasteiger partial charge is 0.460 e. The zero-order valence-electron chi connectivity index (χ0n) is 10.3. The molecule has 1 aromatic heterocycles. The molecule has 0 radical (unpaired) electrons. The number of nitrogens with zero attached hydrogens (tertiary/aromatic N) is 3. The predicted octanol–water partition coefficient (Wildman–Crippen LogP) is 0.123. The third-order valence-corrected chi connectivity index (χ3v) is 4.65. The van der Waals surface area contributed by atoms with Gasteiger partial charge in [-0.05, 0) is 20.3 Å². The van der Waals surface area contributed by atoms with Crippen LogP contribution in [0.5, 0.6) is 0 Å². The van der Waals surface area contributed by atoms with Crippen molar-refractivity contribution in [1.29, 1.82) is 0 Å². The first-order chi connectivity index (χ1) is 8.44. The maximum atomic E-state index is 11.7. The van der Waals surface area contributed by atoms with Crippen LogP contribution in [0.2, 0.25) is 0 Å². The van der Waals surface area contributed by atoms with Crippen LogP contribution in [0.15, 0.2) is 0 Å². The van der Waals surface area contributed by atoms with E-state index >= 15 is 0 Å². The average Bonchev–Trinajstić information content (AvgIpc) is 2.82. The molecule has 1 fully saturated rings. The van der Waals surface area contributed by atoms with Crippen molar-refractivity contribution in [3.05, 3.63) is 11.6 Å². The Hall–Kier alpha value is -1.44. The number of aryl methyl sites for hydroxylation is 1. The van der Waals surface area contributed by atoms with Gasteiger partial charge in [0.1, 0.15) is 5.82 Å². The lowest BCUT2D eigenvalue weighted by molar-refractivity contribution is 0.0503. The third-order valence-electron chi connectivity index (χ3n) is 2.90. The second-order valence-electron chi connectivity index (χ2n) is 4.22. The van der Waals surface area contributed by atoms with Crippen LogP contribution in [0, 0.1) is 6.92 Å². The van der Waals surface area contributed by atoms with Crippen LogP contribution in [0.25, 0.3) is 0 Å². The third kappa shape index (κ3) is 2.38. The lowest BCUT2D eigenvalue weighted by Gasteiger charge is -2.13. The minimum absolute atomic E-state index is 0.0261. The van der Waals surface area contributed by atoms with Gasteiger partial charge >= 0.3 is 5.97 Å². The highest BCUT2D eigenvalue weighted by Gasteiger charge is 2.33. The minimum atomic E-state index is -3.02. The molecule has 0 aromatic carbocycles. The van der Waals surface area contributed by atoms with Crippen molar-refractivity contribution in [1.82, 2.24) is 14.8 Å². The maximum absolute atomic E-state index is 11.7. The Kier molecular flexibility index (Phi) is 3.38. The maximum Gasteiger partial charge on any atom is 0.376 e. The summed E-state index contributed by atoms with van der Waals surface area (Å²) < 4.78 is 29.4. The number of sulfone groups is 1.